The summed E-state index contributed by atoms with van der Waals surface area (Å²) in [5.41, 5.74) is 6.10. The Morgan fingerprint density at radius 2 is 2.15 bits per heavy atom. The van der Waals surface area contributed by atoms with E-state index in [2.05, 4.69) is 16.6 Å². The van der Waals surface area contributed by atoms with Crippen LogP contribution in [0.25, 0.3) is 0 Å². The Hall–Kier alpha value is -1.95. The molecule has 0 aliphatic heterocycles. The molecule has 20 heavy (non-hydrogen) atoms. The standard InChI is InChI=1S/C14H18F2N2O2/c1-3-6-11(17)13(19)18-9(2)10-7-4-5-8-12(10)20-14(15)16/h3-5,7-9,11,14H,1,6,17H2,2H3,(H,18,19). The van der Waals surface area contributed by atoms with E-state index in [0.717, 1.165) is 0 Å². The number of nitrogens with two attached hydrogens (primary N) is 1. The van der Waals surface area contributed by atoms with Crippen molar-refractivity contribution in [3.63, 3.8) is 0 Å². The molecule has 0 aliphatic carbocycles. The van der Waals surface area contributed by atoms with Gasteiger partial charge in [0, 0.05) is 5.56 Å². The molecular weight excluding hydrogens is 266 g/mol. The Labute approximate surface area is 116 Å². The van der Waals surface area contributed by atoms with Gasteiger partial charge in [0.2, 0.25) is 5.91 Å². The molecule has 0 aliphatic rings. The maximum Gasteiger partial charge on any atom is 0.387 e. The summed E-state index contributed by atoms with van der Waals surface area (Å²) in [6.07, 6.45) is 1.89. The number of amides is 1. The summed E-state index contributed by atoms with van der Waals surface area (Å²) in [6, 6.07) is 5.10. The first-order valence-electron chi connectivity index (χ1n) is 6.16. The first-order valence-corrected chi connectivity index (χ1v) is 6.16. The molecule has 0 spiro atoms. The van der Waals surface area contributed by atoms with Gasteiger partial charge in [-0.05, 0) is 19.4 Å². The third-order valence-electron chi connectivity index (χ3n) is 2.72. The molecule has 1 amide bonds. The number of nitrogens with one attached hydrogen (secondary N) is 1. The van der Waals surface area contributed by atoms with E-state index in [1.807, 2.05) is 0 Å². The lowest BCUT2D eigenvalue weighted by Gasteiger charge is -2.19. The Morgan fingerprint density at radius 3 is 2.75 bits per heavy atom. The Balaban J connectivity index is 2.79. The van der Waals surface area contributed by atoms with Crippen LogP contribution in [0.5, 0.6) is 5.75 Å². The smallest absolute Gasteiger partial charge is 0.387 e. The largest absolute Gasteiger partial charge is 0.434 e. The van der Waals surface area contributed by atoms with Crippen molar-refractivity contribution in [2.45, 2.75) is 32.0 Å². The van der Waals surface area contributed by atoms with E-state index in [0.29, 0.717) is 12.0 Å². The molecule has 1 aromatic rings. The fourth-order valence-electron chi connectivity index (χ4n) is 1.73. The summed E-state index contributed by atoms with van der Waals surface area (Å²) in [5.74, 6) is -0.336. The van der Waals surface area contributed by atoms with Crippen LogP contribution < -0.4 is 15.8 Å². The average molecular weight is 284 g/mol. The highest BCUT2D eigenvalue weighted by Gasteiger charge is 2.19. The van der Waals surface area contributed by atoms with Crippen molar-refractivity contribution in [3.05, 3.63) is 42.5 Å². The van der Waals surface area contributed by atoms with Crippen LogP contribution in [-0.2, 0) is 4.79 Å². The highest BCUT2D eigenvalue weighted by molar-refractivity contribution is 5.82. The van der Waals surface area contributed by atoms with E-state index in [9.17, 15) is 13.6 Å². The van der Waals surface area contributed by atoms with Gasteiger partial charge in [-0.15, -0.1) is 6.58 Å². The lowest BCUT2D eigenvalue weighted by Crippen LogP contribution is -2.41. The third kappa shape index (κ3) is 4.62. The Bertz CT molecular complexity index is 466. The Kier molecular flexibility index (Phi) is 6.11. The van der Waals surface area contributed by atoms with Gasteiger partial charge in [0.15, 0.2) is 0 Å². The molecule has 0 bridgehead atoms. The van der Waals surface area contributed by atoms with Crippen molar-refractivity contribution in [3.8, 4) is 5.75 Å². The molecular formula is C14H18F2N2O2. The third-order valence-corrected chi connectivity index (χ3v) is 2.72. The molecule has 3 N–H and O–H groups in total. The zero-order valence-electron chi connectivity index (χ0n) is 11.2. The summed E-state index contributed by atoms with van der Waals surface area (Å²) in [7, 11) is 0. The minimum Gasteiger partial charge on any atom is -0.434 e. The van der Waals surface area contributed by atoms with Crippen molar-refractivity contribution >= 4 is 5.91 Å². The molecule has 0 saturated heterocycles. The highest BCUT2D eigenvalue weighted by atomic mass is 19.3. The minimum absolute atomic E-state index is 0.0348. The van der Waals surface area contributed by atoms with Crippen LogP contribution in [0, 0.1) is 0 Å². The number of carbonyl (C=O) groups excluding carboxylic acids is 1. The second kappa shape index (κ2) is 7.59. The van der Waals surface area contributed by atoms with E-state index < -0.39 is 18.7 Å². The lowest BCUT2D eigenvalue weighted by atomic mass is 10.1. The SMILES string of the molecule is C=CCC(N)C(=O)NC(C)c1ccccc1OC(F)F. The maximum absolute atomic E-state index is 12.3. The van der Waals surface area contributed by atoms with E-state index in [1.54, 1.807) is 31.2 Å². The van der Waals surface area contributed by atoms with Crippen LogP contribution in [0.2, 0.25) is 0 Å². The molecule has 2 atom stereocenters. The minimum atomic E-state index is -2.91. The number of ether oxygens (including phenoxy) is 1. The summed E-state index contributed by atoms with van der Waals surface area (Å²) in [5, 5.41) is 2.66. The van der Waals surface area contributed by atoms with Crippen LogP contribution in [0.1, 0.15) is 24.9 Å². The van der Waals surface area contributed by atoms with Gasteiger partial charge in [-0.1, -0.05) is 24.3 Å². The molecule has 1 rings (SSSR count). The van der Waals surface area contributed by atoms with Crippen LogP contribution in [-0.4, -0.2) is 18.6 Å². The molecule has 4 nitrogen and oxygen atoms in total. The maximum atomic E-state index is 12.3. The molecule has 0 heterocycles. The van der Waals surface area contributed by atoms with Gasteiger partial charge in [0.05, 0.1) is 12.1 Å². The van der Waals surface area contributed by atoms with E-state index in [1.165, 1.54) is 6.07 Å². The normalized spacial score (nSPS) is 13.7. The molecule has 0 aromatic heterocycles. The number of benzene rings is 1. The van der Waals surface area contributed by atoms with Crippen molar-refractivity contribution < 1.29 is 18.3 Å². The first-order chi connectivity index (χ1) is 9.45. The van der Waals surface area contributed by atoms with Gasteiger partial charge in [-0.2, -0.15) is 8.78 Å². The van der Waals surface area contributed by atoms with Gasteiger partial charge in [-0.3, -0.25) is 4.79 Å². The first kappa shape index (κ1) is 16.1. The lowest BCUT2D eigenvalue weighted by molar-refractivity contribution is -0.122. The van der Waals surface area contributed by atoms with Crippen LogP contribution in [0.4, 0.5) is 8.78 Å². The zero-order chi connectivity index (χ0) is 15.1. The van der Waals surface area contributed by atoms with Crippen LogP contribution in [0.15, 0.2) is 36.9 Å². The number of hydrogen-bond acceptors (Lipinski definition) is 3. The quantitative estimate of drug-likeness (QED) is 0.755. The summed E-state index contributed by atoms with van der Waals surface area (Å²) < 4.78 is 29.1. The molecule has 6 heteroatoms. The molecule has 0 fully saturated rings. The number of halogens is 2. The Morgan fingerprint density at radius 1 is 1.50 bits per heavy atom. The van der Waals surface area contributed by atoms with Crippen molar-refractivity contribution in [2.75, 3.05) is 0 Å². The van der Waals surface area contributed by atoms with Gasteiger partial charge < -0.3 is 15.8 Å². The van der Waals surface area contributed by atoms with E-state index in [4.69, 9.17) is 5.73 Å². The van der Waals surface area contributed by atoms with Gasteiger partial charge in [-0.25, -0.2) is 0 Å². The zero-order valence-corrected chi connectivity index (χ0v) is 11.2. The summed E-state index contributed by atoms with van der Waals surface area (Å²) >= 11 is 0. The fraction of sp³-hybridized carbons (Fsp3) is 0.357. The molecule has 2 unspecified atom stereocenters. The topological polar surface area (TPSA) is 64.4 Å². The van der Waals surface area contributed by atoms with E-state index in [-0.39, 0.29) is 11.7 Å². The monoisotopic (exact) mass is 284 g/mol. The predicted octanol–water partition coefficient (Wildman–Crippen LogP) is 2.37. The highest BCUT2D eigenvalue weighted by Crippen LogP contribution is 2.26. The van der Waals surface area contributed by atoms with Crippen molar-refractivity contribution in [1.82, 2.24) is 5.32 Å². The predicted molar refractivity (Wildman–Crippen MR) is 72.4 cm³/mol. The van der Waals surface area contributed by atoms with Gasteiger partial charge in [0.1, 0.15) is 5.75 Å². The second-order valence-electron chi connectivity index (χ2n) is 4.28. The average Bonchev–Trinajstić information content (AvgIpc) is 2.38. The molecule has 110 valence electrons. The van der Waals surface area contributed by atoms with Crippen LogP contribution in [0.3, 0.4) is 0 Å². The number of alkyl halides is 2. The number of rotatable bonds is 7. The van der Waals surface area contributed by atoms with Crippen molar-refractivity contribution in [2.24, 2.45) is 5.73 Å². The molecule has 0 radical (unpaired) electrons. The summed E-state index contributed by atoms with van der Waals surface area (Å²) in [6.45, 7) is 2.26. The van der Waals surface area contributed by atoms with Gasteiger partial charge in [0.25, 0.3) is 0 Å². The van der Waals surface area contributed by atoms with E-state index >= 15 is 0 Å². The number of carbonyl (C=O) groups is 1. The second-order valence-corrected chi connectivity index (χ2v) is 4.28. The number of hydrogen-bond donors (Lipinski definition) is 2. The van der Waals surface area contributed by atoms with Crippen LogP contribution >= 0.6 is 0 Å². The summed E-state index contributed by atoms with van der Waals surface area (Å²) in [4.78, 5) is 11.8. The van der Waals surface area contributed by atoms with Crippen molar-refractivity contribution in [1.29, 1.82) is 0 Å². The molecule has 1 aromatic carbocycles. The fourth-order valence-corrected chi connectivity index (χ4v) is 1.73. The van der Waals surface area contributed by atoms with Gasteiger partial charge >= 0.3 is 6.61 Å². The molecule has 0 saturated carbocycles. The number of para-hydroxylation sites is 1.